The summed E-state index contributed by atoms with van der Waals surface area (Å²) < 4.78 is 28.3. The Kier molecular flexibility index (Phi) is 3.73. The highest BCUT2D eigenvalue weighted by molar-refractivity contribution is 7.92. The number of pyridine rings is 2. The summed E-state index contributed by atoms with van der Waals surface area (Å²) in [5, 5.41) is 5.16. The highest BCUT2D eigenvalue weighted by atomic mass is 35.5. The molecule has 7 nitrogen and oxygen atoms in total. The molecule has 120 valence electrons. The second-order valence-electron chi connectivity index (χ2n) is 5.04. The van der Waals surface area contributed by atoms with E-state index in [0.29, 0.717) is 11.0 Å². The largest absolute Gasteiger partial charge is 0.266 e. The second kappa shape index (κ2) is 5.47. The van der Waals surface area contributed by atoms with Gasteiger partial charge in [0.25, 0.3) is 10.0 Å². The predicted molar refractivity (Wildman–Crippen MR) is 88.1 cm³/mol. The number of rotatable bonds is 3. The Hall–Kier alpha value is -2.19. The van der Waals surface area contributed by atoms with E-state index in [-0.39, 0.29) is 15.9 Å². The predicted octanol–water partition coefficient (Wildman–Crippen LogP) is 2.15. The van der Waals surface area contributed by atoms with Gasteiger partial charge < -0.3 is 0 Å². The fourth-order valence-electron chi connectivity index (χ4n) is 2.28. The van der Waals surface area contributed by atoms with Gasteiger partial charge in [-0.1, -0.05) is 17.7 Å². The first-order valence-corrected chi connectivity index (χ1v) is 8.53. The Labute approximate surface area is 138 Å². The third-order valence-electron chi connectivity index (χ3n) is 3.52. The molecule has 0 fully saturated rings. The monoisotopic (exact) mass is 351 g/mol. The molecule has 0 spiro atoms. The van der Waals surface area contributed by atoms with Gasteiger partial charge in [0.15, 0.2) is 5.65 Å². The molecule has 0 saturated carbocycles. The van der Waals surface area contributed by atoms with Gasteiger partial charge in [-0.3, -0.25) is 8.99 Å². The molecule has 0 aliphatic carbocycles. The van der Waals surface area contributed by atoms with Crippen molar-refractivity contribution in [2.24, 2.45) is 7.05 Å². The summed E-state index contributed by atoms with van der Waals surface area (Å²) in [5.74, 6) is 0.237. The van der Waals surface area contributed by atoms with Crippen LogP contribution < -0.4 is 4.31 Å². The topological polar surface area (TPSA) is 81.0 Å². The summed E-state index contributed by atoms with van der Waals surface area (Å²) in [6.07, 6.45) is 1.32. The summed E-state index contributed by atoms with van der Waals surface area (Å²) in [7, 11) is -0.608. The standard InChI is InChI=1S/C14H14ClN5O2S/c1-9-11-7-10(8-16-14(11)19(2)18-9)23(21,22)20(3)13-6-4-5-12(15)17-13/h4-8H,1-3H3. The Bertz CT molecular complexity index is 1000. The SMILES string of the molecule is Cc1nn(C)c2ncc(S(=O)(=O)N(C)c3cccc(Cl)n3)cc12. The van der Waals surface area contributed by atoms with Crippen LogP contribution in [-0.4, -0.2) is 35.2 Å². The molecule has 3 rings (SSSR count). The molecular formula is C14H14ClN5O2S. The van der Waals surface area contributed by atoms with Crippen molar-refractivity contribution in [2.75, 3.05) is 11.4 Å². The highest BCUT2D eigenvalue weighted by Gasteiger charge is 2.24. The van der Waals surface area contributed by atoms with Crippen LogP contribution in [0.2, 0.25) is 5.15 Å². The van der Waals surface area contributed by atoms with Gasteiger partial charge in [0.2, 0.25) is 0 Å². The maximum absolute atomic E-state index is 12.8. The maximum Gasteiger partial charge on any atom is 0.266 e. The molecule has 0 unspecified atom stereocenters. The third-order valence-corrected chi connectivity index (χ3v) is 5.46. The summed E-state index contributed by atoms with van der Waals surface area (Å²) in [6.45, 7) is 1.81. The third kappa shape index (κ3) is 2.64. The zero-order valence-electron chi connectivity index (χ0n) is 12.7. The number of hydrogen-bond donors (Lipinski definition) is 0. The lowest BCUT2D eigenvalue weighted by atomic mass is 10.3. The Balaban J connectivity index is 2.10. The molecule has 23 heavy (non-hydrogen) atoms. The van der Waals surface area contributed by atoms with Gasteiger partial charge in [0, 0.05) is 25.7 Å². The number of sulfonamides is 1. The van der Waals surface area contributed by atoms with Crippen molar-refractivity contribution in [3.63, 3.8) is 0 Å². The van der Waals surface area contributed by atoms with Crippen LogP contribution in [0.5, 0.6) is 0 Å². The van der Waals surface area contributed by atoms with Crippen molar-refractivity contribution in [3.8, 4) is 0 Å². The van der Waals surface area contributed by atoms with Crippen LogP contribution in [0.15, 0.2) is 35.4 Å². The van der Waals surface area contributed by atoms with Crippen LogP contribution in [0.4, 0.5) is 5.82 Å². The minimum Gasteiger partial charge on any atom is -0.253 e. The van der Waals surface area contributed by atoms with Gasteiger partial charge in [-0.25, -0.2) is 18.4 Å². The van der Waals surface area contributed by atoms with Gasteiger partial charge in [-0.15, -0.1) is 0 Å². The van der Waals surface area contributed by atoms with Gasteiger partial charge in [-0.2, -0.15) is 5.10 Å². The molecule has 3 aromatic rings. The Morgan fingerprint density at radius 2 is 2.04 bits per heavy atom. The van der Waals surface area contributed by atoms with E-state index in [1.165, 1.54) is 13.2 Å². The van der Waals surface area contributed by atoms with Crippen molar-refractivity contribution in [3.05, 3.63) is 41.3 Å². The smallest absolute Gasteiger partial charge is 0.253 e. The molecular weight excluding hydrogens is 338 g/mol. The number of halogens is 1. The van der Waals surface area contributed by atoms with Crippen LogP contribution in [-0.2, 0) is 17.1 Å². The minimum atomic E-state index is -3.80. The fraction of sp³-hybridized carbons (Fsp3) is 0.214. The first-order chi connectivity index (χ1) is 10.8. The van der Waals surface area contributed by atoms with Gasteiger partial charge in [0.1, 0.15) is 15.9 Å². The lowest BCUT2D eigenvalue weighted by Crippen LogP contribution is -2.27. The van der Waals surface area contributed by atoms with Gasteiger partial charge >= 0.3 is 0 Å². The zero-order chi connectivity index (χ0) is 16.8. The van der Waals surface area contributed by atoms with E-state index in [4.69, 9.17) is 11.6 Å². The van der Waals surface area contributed by atoms with Gasteiger partial charge in [0.05, 0.1) is 5.69 Å². The van der Waals surface area contributed by atoms with Crippen LogP contribution >= 0.6 is 11.6 Å². The lowest BCUT2D eigenvalue weighted by Gasteiger charge is -2.18. The fourth-order valence-corrected chi connectivity index (χ4v) is 3.56. The Morgan fingerprint density at radius 1 is 1.30 bits per heavy atom. The molecule has 0 radical (unpaired) electrons. The second-order valence-corrected chi connectivity index (χ2v) is 7.40. The summed E-state index contributed by atoms with van der Waals surface area (Å²) in [4.78, 5) is 8.31. The van der Waals surface area contributed by atoms with Crippen LogP contribution in [0, 0.1) is 6.92 Å². The van der Waals surface area contributed by atoms with Gasteiger partial charge in [-0.05, 0) is 25.1 Å². The van der Waals surface area contributed by atoms with Crippen LogP contribution in [0.1, 0.15) is 5.69 Å². The number of nitrogens with zero attached hydrogens (tertiary/aromatic N) is 5. The molecule has 0 amide bonds. The van der Waals surface area contributed by atoms with Crippen molar-refractivity contribution in [2.45, 2.75) is 11.8 Å². The number of fused-ring (bicyclic) bond motifs is 1. The molecule has 0 bridgehead atoms. The van der Waals surface area contributed by atoms with E-state index in [9.17, 15) is 8.42 Å². The van der Waals surface area contributed by atoms with E-state index in [0.717, 1.165) is 10.00 Å². The molecule has 0 aromatic carbocycles. The van der Waals surface area contributed by atoms with E-state index < -0.39 is 10.0 Å². The number of hydrogen-bond acceptors (Lipinski definition) is 5. The van der Waals surface area contributed by atoms with E-state index in [1.54, 1.807) is 36.0 Å². The summed E-state index contributed by atoms with van der Waals surface area (Å²) in [5.41, 5.74) is 1.35. The normalized spacial score (nSPS) is 11.8. The molecule has 3 aromatic heterocycles. The van der Waals surface area contributed by atoms with Crippen LogP contribution in [0.25, 0.3) is 11.0 Å². The van der Waals surface area contributed by atoms with Crippen molar-refractivity contribution < 1.29 is 8.42 Å². The Morgan fingerprint density at radius 3 is 2.74 bits per heavy atom. The summed E-state index contributed by atoms with van der Waals surface area (Å²) in [6, 6.07) is 6.37. The van der Waals surface area contributed by atoms with Crippen LogP contribution in [0.3, 0.4) is 0 Å². The first kappa shape index (κ1) is 15.7. The molecule has 0 aliphatic rings. The van der Waals surface area contributed by atoms with Crippen molar-refractivity contribution >= 4 is 38.5 Å². The van der Waals surface area contributed by atoms with Crippen molar-refractivity contribution in [1.82, 2.24) is 19.7 Å². The molecule has 0 atom stereocenters. The quantitative estimate of drug-likeness (QED) is 0.675. The average molecular weight is 352 g/mol. The minimum absolute atomic E-state index is 0.0744. The first-order valence-electron chi connectivity index (χ1n) is 6.71. The molecule has 9 heteroatoms. The number of aryl methyl sites for hydroxylation is 2. The zero-order valence-corrected chi connectivity index (χ0v) is 14.3. The highest BCUT2D eigenvalue weighted by Crippen LogP contribution is 2.24. The van der Waals surface area contributed by atoms with E-state index in [1.807, 2.05) is 6.92 Å². The van der Waals surface area contributed by atoms with E-state index in [2.05, 4.69) is 15.1 Å². The number of anilines is 1. The molecule has 0 saturated heterocycles. The molecule has 0 aliphatic heterocycles. The maximum atomic E-state index is 12.8. The number of aromatic nitrogens is 4. The molecule has 0 N–H and O–H groups in total. The molecule has 3 heterocycles. The summed E-state index contributed by atoms with van der Waals surface area (Å²) >= 11 is 5.83. The van der Waals surface area contributed by atoms with Crippen molar-refractivity contribution in [1.29, 1.82) is 0 Å². The average Bonchev–Trinajstić information content (AvgIpc) is 2.81. The van der Waals surface area contributed by atoms with E-state index >= 15 is 0 Å². The lowest BCUT2D eigenvalue weighted by molar-refractivity contribution is 0.593.